The van der Waals surface area contributed by atoms with E-state index in [0.29, 0.717) is 26.2 Å². The summed E-state index contributed by atoms with van der Waals surface area (Å²) in [6, 6.07) is 0.658. The molecule has 1 aliphatic heterocycles. The Labute approximate surface area is 138 Å². The Morgan fingerprint density at radius 1 is 1.19 bits per heavy atom. The number of nitrogens with zero attached hydrogens (tertiary/aromatic N) is 1. The molecule has 0 saturated carbocycles. The standard InChI is InChI=1S/C12H14ClF3N2O.2ClH/c13-7-1-2-8(14)9(11(7)19)10(12(15)16)18-5-3-17-4-6-18;;/h1-2,10,12,17,19H,3-6H2;2*1H/t10-;;/m0../s1. The molecule has 1 saturated heterocycles. The number of aromatic hydroxyl groups is 1. The number of rotatable bonds is 3. The molecule has 0 radical (unpaired) electrons. The van der Waals surface area contributed by atoms with Gasteiger partial charge in [-0.1, -0.05) is 11.6 Å². The van der Waals surface area contributed by atoms with E-state index in [2.05, 4.69) is 5.32 Å². The number of phenols is 1. The molecular formula is C12H16Cl3F3N2O. The van der Waals surface area contributed by atoms with Gasteiger partial charge in [0, 0.05) is 26.2 Å². The van der Waals surface area contributed by atoms with Gasteiger partial charge in [0.15, 0.2) is 0 Å². The zero-order valence-electron chi connectivity index (χ0n) is 10.9. The highest BCUT2D eigenvalue weighted by atomic mass is 35.5. The monoisotopic (exact) mass is 366 g/mol. The molecule has 1 atom stereocenters. The summed E-state index contributed by atoms with van der Waals surface area (Å²) in [6.07, 6.45) is -2.81. The van der Waals surface area contributed by atoms with Crippen molar-refractivity contribution in [3.05, 3.63) is 28.5 Å². The zero-order chi connectivity index (χ0) is 14.0. The van der Waals surface area contributed by atoms with Gasteiger partial charge in [-0.25, -0.2) is 13.2 Å². The molecular weight excluding hydrogens is 351 g/mol. The first kappa shape index (κ1) is 20.6. The molecule has 1 fully saturated rings. The first-order valence-electron chi connectivity index (χ1n) is 5.92. The molecule has 1 aromatic carbocycles. The van der Waals surface area contributed by atoms with Gasteiger partial charge in [-0.2, -0.15) is 0 Å². The fourth-order valence-electron chi connectivity index (χ4n) is 2.27. The minimum absolute atomic E-state index is 0. The van der Waals surface area contributed by atoms with Crippen LogP contribution in [0.3, 0.4) is 0 Å². The molecule has 2 rings (SSSR count). The average molecular weight is 368 g/mol. The molecule has 1 heterocycles. The lowest BCUT2D eigenvalue weighted by Crippen LogP contribution is -2.47. The fraction of sp³-hybridized carbons (Fsp3) is 0.500. The summed E-state index contributed by atoms with van der Waals surface area (Å²) in [5.41, 5.74) is -0.426. The van der Waals surface area contributed by atoms with Crippen LogP contribution in [0, 0.1) is 5.82 Å². The summed E-state index contributed by atoms with van der Waals surface area (Å²) in [5.74, 6) is -1.48. The third kappa shape index (κ3) is 4.53. The highest BCUT2D eigenvalue weighted by Crippen LogP contribution is 2.39. The Morgan fingerprint density at radius 2 is 1.76 bits per heavy atom. The van der Waals surface area contributed by atoms with Crippen LogP contribution >= 0.6 is 36.4 Å². The summed E-state index contributed by atoms with van der Waals surface area (Å²) >= 11 is 5.68. The van der Waals surface area contributed by atoms with E-state index in [9.17, 15) is 18.3 Å². The Hall–Kier alpha value is -0.400. The van der Waals surface area contributed by atoms with Crippen molar-refractivity contribution in [1.29, 1.82) is 0 Å². The Balaban J connectivity index is 0.00000200. The normalized spacial score (nSPS) is 17.0. The van der Waals surface area contributed by atoms with E-state index in [1.807, 2.05) is 0 Å². The molecule has 21 heavy (non-hydrogen) atoms. The lowest BCUT2D eigenvalue weighted by Gasteiger charge is -2.35. The summed E-state index contributed by atoms with van der Waals surface area (Å²) in [4.78, 5) is 1.45. The van der Waals surface area contributed by atoms with Crippen LogP contribution < -0.4 is 5.32 Å². The van der Waals surface area contributed by atoms with Gasteiger partial charge in [0.05, 0.1) is 10.6 Å². The van der Waals surface area contributed by atoms with Crippen molar-refractivity contribution in [1.82, 2.24) is 10.2 Å². The number of hydrogen-bond acceptors (Lipinski definition) is 3. The molecule has 2 N–H and O–H groups in total. The van der Waals surface area contributed by atoms with Crippen molar-refractivity contribution >= 4 is 36.4 Å². The highest BCUT2D eigenvalue weighted by Gasteiger charge is 2.34. The van der Waals surface area contributed by atoms with E-state index in [1.165, 1.54) is 4.90 Å². The van der Waals surface area contributed by atoms with Gasteiger partial charge in [0.2, 0.25) is 0 Å². The summed E-state index contributed by atoms with van der Waals surface area (Å²) in [7, 11) is 0. The third-order valence-electron chi connectivity index (χ3n) is 3.19. The SMILES string of the molecule is Cl.Cl.Oc1c(Cl)ccc(F)c1[C@@H](C(F)F)N1CCNCC1. The first-order chi connectivity index (χ1) is 9.02. The van der Waals surface area contributed by atoms with Crippen molar-refractivity contribution in [3.63, 3.8) is 0 Å². The smallest absolute Gasteiger partial charge is 0.258 e. The lowest BCUT2D eigenvalue weighted by molar-refractivity contribution is 0.0152. The minimum Gasteiger partial charge on any atom is -0.506 e. The fourth-order valence-corrected chi connectivity index (χ4v) is 2.43. The minimum atomic E-state index is -2.81. The maximum Gasteiger partial charge on any atom is 0.258 e. The molecule has 0 aromatic heterocycles. The van der Waals surface area contributed by atoms with Crippen molar-refractivity contribution in [2.75, 3.05) is 26.2 Å². The number of alkyl halides is 2. The first-order valence-corrected chi connectivity index (χ1v) is 6.30. The second kappa shape index (κ2) is 8.90. The predicted molar refractivity (Wildman–Crippen MR) is 80.8 cm³/mol. The van der Waals surface area contributed by atoms with Crippen molar-refractivity contribution < 1.29 is 18.3 Å². The second-order valence-electron chi connectivity index (χ2n) is 4.36. The van der Waals surface area contributed by atoms with Gasteiger partial charge in [0.1, 0.15) is 17.6 Å². The molecule has 0 amide bonds. The molecule has 0 aliphatic carbocycles. The molecule has 0 bridgehead atoms. The van der Waals surface area contributed by atoms with Gasteiger partial charge >= 0.3 is 0 Å². The highest BCUT2D eigenvalue weighted by molar-refractivity contribution is 6.32. The maximum absolute atomic E-state index is 13.8. The van der Waals surface area contributed by atoms with Crippen LogP contribution in [-0.2, 0) is 0 Å². The van der Waals surface area contributed by atoms with Gasteiger partial charge in [-0.05, 0) is 12.1 Å². The van der Waals surface area contributed by atoms with Crippen molar-refractivity contribution in [2.45, 2.75) is 12.5 Å². The summed E-state index contributed by atoms with van der Waals surface area (Å²) < 4.78 is 40.4. The van der Waals surface area contributed by atoms with Gasteiger partial charge in [-0.3, -0.25) is 4.90 Å². The lowest BCUT2D eigenvalue weighted by atomic mass is 10.0. The number of hydrogen-bond donors (Lipinski definition) is 2. The van der Waals surface area contributed by atoms with Crippen LogP contribution in [0.15, 0.2) is 12.1 Å². The molecule has 3 nitrogen and oxygen atoms in total. The largest absolute Gasteiger partial charge is 0.506 e. The topological polar surface area (TPSA) is 35.5 Å². The van der Waals surface area contributed by atoms with Gasteiger partial charge in [0.25, 0.3) is 6.43 Å². The molecule has 1 aliphatic rings. The van der Waals surface area contributed by atoms with E-state index < -0.39 is 29.6 Å². The van der Waals surface area contributed by atoms with E-state index in [0.717, 1.165) is 12.1 Å². The van der Waals surface area contributed by atoms with Crippen molar-refractivity contribution in [3.8, 4) is 5.75 Å². The second-order valence-corrected chi connectivity index (χ2v) is 4.76. The Bertz CT molecular complexity index is 460. The molecule has 1 aromatic rings. The van der Waals surface area contributed by atoms with Crippen LogP contribution in [0.25, 0.3) is 0 Å². The Morgan fingerprint density at radius 3 is 2.29 bits per heavy atom. The predicted octanol–water partition coefficient (Wildman–Crippen LogP) is 3.24. The van der Waals surface area contributed by atoms with Gasteiger partial charge < -0.3 is 10.4 Å². The summed E-state index contributed by atoms with van der Waals surface area (Å²) in [6.45, 7) is 1.82. The van der Waals surface area contributed by atoms with Crippen molar-refractivity contribution in [2.24, 2.45) is 0 Å². The number of benzene rings is 1. The molecule has 0 unspecified atom stereocenters. The van der Waals surface area contributed by atoms with Gasteiger partial charge in [-0.15, -0.1) is 24.8 Å². The number of piperazine rings is 1. The molecule has 0 spiro atoms. The van der Waals surface area contributed by atoms with E-state index in [4.69, 9.17) is 11.6 Å². The average Bonchev–Trinajstić information content (AvgIpc) is 2.39. The number of phenolic OH excluding ortho intramolecular Hbond substituents is 1. The number of halogens is 6. The third-order valence-corrected chi connectivity index (χ3v) is 3.50. The number of nitrogens with one attached hydrogen (secondary N) is 1. The van der Waals surface area contributed by atoms with Crippen LogP contribution in [-0.4, -0.2) is 42.6 Å². The molecule has 122 valence electrons. The quantitative estimate of drug-likeness (QED) is 0.861. The zero-order valence-corrected chi connectivity index (χ0v) is 13.2. The Kier molecular flexibility index (Phi) is 8.73. The van der Waals surface area contributed by atoms with E-state index in [1.54, 1.807) is 0 Å². The maximum atomic E-state index is 13.8. The summed E-state index contributed by atoms with van der Waals surface area (Å²) in [5, 5.41) is 12.7. The van der Waals surface area contributed by atoms with Crippen LogP contribution in [0.4, 0.5) is 13.2 Å². The van der Waals surface area contributed by atoms with E-state index >= 15 is 0 Å². The van der Waals surface area contributed by atoms with Crippen LogP contribution in [0.2, 0.25) is 5.02 Å². The van der Waals surface area contributed by atoms with E-state index in [-0.39, 0.29) is 29.8 Å². The molecule has 9 heteroatoms. The van der Waals surface area contributed by atoms with Crippen LogP contribution in [0.1, 0.15) is 11.6 Å². The van der Waals surface area contributed by atoms with Crippen LogP contribution in [0.5, 0.6) is 5.75 Å².